The van der Waals surface area contributed by atoms with Gasteiger partial charge >= 0.3 is 0 Å². The molecule has 0 spiro atoms. The summed E-state index contributed by atoms with van der Waals surface area (Å²) in [6, 6.07) is 6.71. The van der Waals surface area contributed by atoms with Gasteiger partial charge in [-0.05, 0) is 31.4 Å². The van der Waals surface area contributed by atoms with E-state index in [4.69, 9.17) is 0 Å². The van der Waals surface area contributed by atoms with Crippen LogP contribution in [0, 0.1) is 6.92 Å². The molecule has 3 heteroatoms. The fourth-order valence-electron chi connectivity index (χ4n) is 2.37. The van der Waals surface area contributed by atoms with Crippen LogP contribution in [-0.4, -0.2) is 25.0 Å². The molecular formula is C15H22N2O. The Bertz CT molecular complexity index is 440. The molecule has 1 aliphatic rings. The lowest BCUT2D eigenvalue weighted by atomic mass is 9.99. The van der Waals surface area contributed by atoms with E-state index in [-0.39, 0.29) is 5.91 Å². The van der Waals surface area contributed by atoms with E-state index in [1.54, 1.807) is 0 Å². The highest BCUT2D eigenvalue weighted by Crippen LogP contribution is 2.27. The van der Waals surface area contributed by atoms with Crippen molar-refractivity contribution in [1.29, 1.82) is 0 Å². The first-order valence-corrected chi connectivity index (χ1v) is 6.71. The predicted molar refractivity (Wildman–Crippen MR) is 75.0 cm³/mol. The second-order valence-corrected chi connectivity index (χ2v) is 5.32. The van der Waals surface area contributed by atoms with E-state index in [2.05, 4.69) is 44.3 Å². The lowest BCUT2D eigenvalue weighted by molar-refractivity contribution is -0.118. The lowest BCUT2D eigenvalue weighted by Gasteiger charge is -2.30. The molecule has 0 atom stereocenters. The van der Waals surface area contributed by atoms with E-state index in [0.29, 0.717) is 12.6 Å². The molecule has 98 valence electrons. The Kier molecular flexibility index (Phi) is 4.02. The van der Waals surface area contributed by atoms with Gasteiger partial charge in [0.25, 0.3) is 0 Å². The van der Waals surface area contributed by atoms with Crippen LogP contribution in [-0.2, 0) is 11.2 Å². The fourth-order valence-corrected chi connectivity index (χ4v) is 2.37. The highest BCUT2D eigenvalue weighted by atomic mass is 16.2. The van der Waals surface area contributed by atoms with Crippen LogP contribution in [0.2, 0.25) is 0 Å². The van der Waals surface area contributed by atoms with Crippen LogP contribution in [0.4, 0.5) is 5.69 Å². The Morgan fingerprint density at radius 1 is 1.44 bits per heavy atom. The van der Waals surface area contributed by atoms with Gasteiger partial charge in [0.05, 0.1) is 6.54 Å². The molecule has 0 saturated heterocycles. The molecular weight excluding hydrogens is 224 g/mol. The number of anilines is 1. The van der Waals surface area contributed by atoms with Crippen molar-refractivity contribution in [2.45, 2.75) is 39.7 Å². The normalized spacial score (nSPS) is 14.8. The van der Waals surface area contributed by atoms with Crippen molar-refractivity contribution in [3.05, 3.63) is 29.3 Å². The average molecular weight is 246 g/mol. The van der Waals surface area contributed by atoms with Gasteiger partial charge in [-0.1, -0.05) is 31.5 Å². The molecule has 1 amide bonds. The predicted octanol–water partition coefficient (Wildman–Crippen LogP) is 2.27. The molecule has 0 bridgehead atoms. The summed E-state index contributed by atoms with van der Waals surface area (Å²) in [6.07, 6.45) is 2.14. The van der Waals surface area contributed by atoms with Crippen LogP contribution in [0.5, 0.6) is 0 Å². The summed E-state index contributed by atoms with van der Waals surface area (Å²) in [6.45, 7) is 7.47. The number of hydrogen-bond acceptors (Lipinski definition) is 2. The van der Waals surface area contributed by atoms with E-state index in [1.165, 1.54) is 11.1 Å². The van der Waals surface area contributed by atoms with Crippen molar-refractivity contribution in [2.75, 3.05) is 18.0 Å². The summed E-state index contributed by atoms with van der Waals surface area (Å²) in [7, 11) is 0. The van der Waals surface area contributed by atoms with Gasteiger partial charge in [0.2, 0.25) is 5.91 Å². The van der Waals surface area contributed by atoms with E-state index in [9.17, 15) is 4.79 Å². The molecule has 1 aliphatic heterocycles. The Balaban J connectivity index is 2.14. The first kappa shape index (κ1) is 13.1. The van der Waals surface area contributed by atoms with Crippen molar-refractivity contribution in [1.82, 2.24) is 5.32 Å². The van der Waals surface area contributed by atoms with Crippen LogP contribution in [0.1, 0.15) is 31.4 Å². The number of nitrogens with zero attached hydrogens (tertiary/aromatic N) is 1. The first-order valence-electron chi connectivity index (χ1n) is 6.71. The number of nitrogens with one attached hydrogen (secondary N) is 1. The van der Waals surface area contributed by atoms with Gasteiger partial charge in [-0.3, -0.25) is 4.79 Å². The smallest absolute Gasteiger partial charge is 0.240 e. The van der Waals surface area contributed by atoms with Crippen LogP contribution in [0.15, 0.2) is 18.2 Å². The molecule has 3 nitrogen and oxygen atoms in total. The molecule has 0 fully saturated rings. The second kappa shape index (κ2) is 5.53. The molecule has 1 heterocycles. The summed E-state index contributed by atoms with van der Waals surface area (Å²) in [4.78, 5) is 14.1. The fraction of sp³-hybridized carbons (Fsp3) is 0.533. The number of benzene rings is 1. The Morgan fingerprint density at radius 2 is 2.22 bits per heavy atom. The largest absolute Gasteiger partial charge is 0.311 e. The van der Waals surface area contributed by atoms with Gasteiger partial charge in [-0.15, -0.1) is 0 Å². The van der Waals surface area contributed by atoms with E-state index < -0.39 is 0 Å². The minimum absolute atomic E-state index is 0.175. The SMILES string of the molecule is Cc1ccc2c(c1)CCCN2C(=O)CNC(C)C. The van der Waals surface area contributed by atoms with Gasteiger partial charge in [0.1, 0.15) is 0 Å². The van der Waals surface area contributed by atoms with Gasteiger partial charge in [-0.2, -0.15) is 0 Å². The molecule has 0 unspecified atom stereocenters. The second-order valence-electron chi connectivity index (χ2n) is 5.32. The molecule has 0 saturated carbocycles. The Hall–Kier alpha value is -1.35. The monoisotopic (exact) mass is 246 g/mol. The summed E-state index contributed by atoms with van der Waals surface area (Å²) >= 11 is 0. The van der Waals surface area contributed by atoms with Crippen molar-refractivity contribution >= 4 is 11.6 Å². The number of carbonyl (C=O) groups excluding carboxylic acids is 1. The average Bonchev–Trinajstić information content (AvgIpc) is 2.34. The van der Waals surface area contributed by atoms with Crippen LogP contribution < -0.4 is 10.2 Å². The van der Waals surface area contributed by atoms with E-state index in [1.807, 2.05) is 4.90 Å². The summed E-state index contributed by atoms with van der Waals surface area (Å²) in [5.41, 5.74) is 3.67. The third-order valence-electron chi connectivity index (χ3n) is 3.32. The summed E-state index contributed by atoms with van der Waals surface area (Å²) in [5, 5.41) is 3.19. The topological polar surface area (TPSA) is 32.3 Å². The van der Waals surface area contributed by atoms with Crippen molar-refractivity contribution in [3.63, 3.8) is 0 Å². The van der Waals surface area contributed by atoms with E-state index in [0.717, 1.165) is 25.1 Å². The number of hydrogen-bond donors (Lipinski definition) is 1. The van der Waals surface area contributed by atoms with Crippen LogP contribution in [0.25, 0.3) is 0 Å². The highest BCUT2D eigenvalue weighted by molar-refractivity contribution is 5.96. The molecule has 0 aromatic heterocycles. The van der Waals surface area contributed by atoms with E-state index >= 15 is 0 Å². The minimum atomic E-state index is 0.175. The first-order chi connectivity index (χ1) is 8.58. The van der Waals surface area contributed by atoms with Crippen LogP contribution >= 0.6 is 0 Å². The van der Waals surface area contributed by atoms with Crippen LogP contribution in [0.3, 0.4) is 0 Å². The maximum absolute atomic E-state index is 12.2. The number of rotatable bonds is 3. The van der Waals surface area contributed by atoms with Crippen molar-refractivity contribution < 1.29 is 4.79 Å². The highest BCUT2D eigenvalue weighted by Gasteiger charge is 2.22. The number of amides is 1. The maximum Gasteiger partial charge on any atom is 0.240 e. The molecule has 1 aromatic rings. The maximum atomic E-state index is 12.2. The molecule has 0 aliphatic carbocycles. The van der Waals surface area contributed by atoms with Gasteiger partial charge < -0.3 is 10.2 Å². The third-order valence-corrected chi connectivity index (χ3v) is 3.32. The summed E-state index contributed by atoms with van der Waals surface area (Å²) < 4.78 is 0. The third kappa shape index (κ3) is 2.91. The molecule has 1 N–H and O–H groups in total. The van der Waals surface area contributed by atoms with Crippen molar-refractivity contribution in [2.24, 2.45) is 0 Å². The molecule has 1 aromatic carbocycles. The standard InChI is InChI=1S/C15H22N2O/c1-11(2)16-10-15(18)17-8-4-5-13-9-12(3)6-7-14(13)17/h6-7,9,11,16H,4-5,8,10H2,1-3H3. The number of carbonyl (C=O) groups is 1. The summed E-state index contributed by atoms with van der Waals surface area (Å²) in [5.74, 6) is 0.175. The zero-order chi connectivity index (χ0) is 13.1. The molecule has 2 rings (SSSR count). The lowest BCUT2D eigenvalue weighted by Crippen LogP contribution is -2.42. The Labute approximate surface area is 109 Å². The zero-order valence-corrected chi connectivity index (χ0v) is 11.5. The quantitative estimate of drug-likeness (QED) is 0.887. The zero-order valence-electron chi connectivity index (χ0n) is 11.5. The number of fused-ring (bicyclic) bond motifs is 1. The van der Waals surface area contributed by atoms with Gasteiger partial charge in [0, 0.05) is 18.3 Å². The van der Waals surface area contributed by atoms with Gasteiger partial charge in [0.15, 0.2) is 0 Å². The van der Waals surface area contributed by atoms with Gasteiger partial charge in [-0.25, -0.2) is 0 Å². The van der Waals surface area contributed by atoms with Crippen molar-refractivity contribution in [3.8, 4) is 0 Å². The Morgan fingerprint density at radius 3 is 2.94 bits per heavy atom. The minimum Gasteiger partial charge on any atom is -0.311 e. The molecule has 18 heavy (non-hydrogen) atoms. The molecule has 0 radical (unpaired) electrons. The number of aryl methyl sites for hydroxylation is 2.